The summed E-state index contributed by atoms with van der Waals surface area (Å²) in [5, 5.41) is 3.48. The molecule has 0 radical (unpaired) electrons. The highest BCUT2D eigenvalue weighted by molar-refractivity contribution is 7.23. The number of hydrogen-bond acceptors (Lipinski definition) is 5. The van der Waals surface area contributed by atoms with E-state index in [-0.39, 0.29) is 6.03 Å². The summed E-state index contributed by atoms with van der Waals surface area (Å²) >= 11 is 1.45. The minimum Gasteiger partial charge on any atom is -0.479 e. The summed E-state index contributed by atoms with van der Waals surface area (Å²) in [5.41, 5.74) is 2.71. The van der Waals surface area contributed by atoms with Gasteiger partial charge in [-0.1, -0.05) is 41.7 Å². The maximum Gasteiger partial charge on any atom is 0.323 e. The summed E-state index contributed by atoms with van der Waals surface area (Å²) in [7, 11) is 1.58. The van der Waals surface area contributed by atoms with E-state index in [0.29, 0.717) is 16.5 Å². The highest BCUT2D eigenvalue weighted by Crippen LogP contribution is 2.38. The van der Waals surface area contributed by atoms with Crippen LogP contribution in [0.25, 0.3) is 21.3 Å². The number of amides is 2. The van der Waals surface area contributed by atoms with Crippen LogP contribution in [0.1, 0.15) is 12.8 Å². The number of carbonyl (C=O) groups is 1. The van der Waals surface area contributed by atoms with Crippen LogP contribution in [-0.2, 0) is 0 Å². The highest BCUT2D eigenvalue weighted by atomic mass is 32.1. The van der Waals surface area contributed by atoms with E-state index >= 15 is 0 Å². The molecule has 128 valence electrons. The zero-order valence-corrected chi connectivity index (χ0v) is 14.7. The molecule has 6 nitrogen and oxygen atoms in total. The Morgan fingerprint density at radius 2 is 2.00 bits per heavy atom. The average molecular weight is 354 g/mol. The first kappa shape index (κ1) is 15.8. The molecule has 3 heterocycles. The Kier molecular flexibility index (Phi) is 4.23. The number of likely N-dealkylation sites (tertiary alicyclic amines) is 1. The van der Waals surface area contributed by atoms with Crippen molar-refractivity contribution in [1.82, 2.24) is 14.9 Å². The van der Waals surface area contributed by atoms with Crippen LogP contribution in [0.2, 0.25) is 0 Å². The molecule has 0 unspecified atom stereocenters. The number of pyridine rings is 1. The summed E-state index contributed by atoms with van der Waals surface area (Å²) in [4.78, 5) is 23.1. The molecule has 7 heteroatoms. The Balaban J connectivity index is 1.74. The molecule has 25 heavy (non-hydrogen) atoms. The number of carbonyl (C=O) groups excluding carboxylic acids is 1. The number of nitrogens with zero attached hydrogens (tertiary/aromatic N) is 3. The maximum absolute atomic E-state index is 12.3. The monoisotopic (exact) mass is 354 g/mol. The minimum absolute atomic E-state index is 0.0928. The van der Waals surface area contributed by atoms with Crippen molar-refractivity contribution in [2.75, 3.05) is 25.5 Å². The largest absolute Gasteiger partial charge is 0.479 e. The molecule has 1 fully saturated rings. The van der Waals surface area contributed by atoms with Gasteiger partial charge in [-0.05, 0) is 18.4 Å². The topological polar surface area (TPSA) is 67.3 Å². The number of nitrogens with one attached hydrogen (secondary N) is 1. The van der Waals surface area contributed by atoms with Crippen LogP contribution in [0.4, 0.5) is 9.93 Å². The molecule has 1 saturated heterocycles. The molecule has 0 bridgehead atoms. The predicted octanol–water partition coefficient (Wildman–Crippen LogP) is 3.99. The first-order chi connectivity index (χ1) is 12.3. The second kappa shape index (κ2) is 6.68. The molecular formula is C18H18N4O2S. The lowest BCUT2D eigenvalue weighted by Gasteiger charge is -2.14. The maximum atomic E-state index is 12.3. The Bertz CT molecular complexity index is 904. The van der Waals surface area contributed by atoms with E-state index in [1.165, 1.54) is 11.3 Å². The lowest BCUT2D eigenvalue weighted by molar-refractivity contribution is 0.222. The van der Waals surface area contributed by atoms with Crippen molar-refractivity contribution in [3.63, 3.8) is 0 Å². The molecule has 3 aromatic rings. The Morgan fingerprint density at radius 1 is 1.24 bits per heavy atom. The Morgan fingerprint density at radius 3 is 2.72 bits per heavy atom. The van der Waals surface area contributed by atoms with Crippen molar-refractivity contribution in [2.24, 2.45) is 0 Å². The molecule has 4 rings (SSSR count). The summed E-state index contributed by atoms with van der Waals surface area (Å²) in [6.07, 6.45) is 3.91. The van der Waals surface area contributed by atoms with E-state index in [2.05, 4.69) is 15.3 Å². The number of anilines is 1. The second-order valence-electron chi connectivity index (χ2n) is 5.87. The number of benzene rings is 1. The normalized spacial score (nSPS) is 14.0. The van der Waals surface area contributed by atoms with Crippen molar-refractivity contribution in [3.8, 4) is 17.0 Å². The lowest BCUT2D eigenvalue weighted by atomic mass is 10.1. The van der Waals surface area contributed by atoms with Gasteiger partial charge in [0, 0.05) is 24.8 Å². The van der Waals surface area contributed by atoms with Gasteiger partial charge in [-0.25, -0.2) is 14.8 Å². The van der Waals surface area contributed by atoms with Crippen molar-refractivity contribution >= 4 is 32.7 Å². The number of rotatable bonds is 3. The van der Waals surface area contributed by atoms with Gasteiger partial charge in [0.25, 0.3) is 0 Å². The van der Waals surface area contributed by atoms with Crippen molar-refractivity contribution in [2.45, 2.75) is 12.8 Å². The smallest absolute Gasteiger partial charge is 0.323 e. The number of hydrogen-bond donors (Lipinski definition) is 1. The fourth-order valence-corrected chi connectivity index (χ4v) is 3.99. The number of methoxy groups -OCH3 is 1. The average Bonchev–Trinajstić information content (AvgIpc) is 3.31. The summed E-state index contributed by atoms with van der Waals surface area (Å²) in [5.74, 6) is 0.465. The standard InChI is InChI=1S/C18H18N4O2S/c1-24-16-14-15(13(11-19-16)12-7-3-2-4-8-12)25-17(20-14)21-18(23)22-9-5-6-10-22/h2-4,7-8,11H,5-6,9-10H2,1H3,(H,20,21,23). The molecule has 1 aliphatic heterocycles. The van der Waals surface area contributed by atoms with Gasteiger partial charge < -0.3 is 9.64 Å². The van der Waals surface area contributed by atoms with Gasteiger partial charge in [-0.15, -0.1) is 0 Å². The second-order valence-corrected chi connectivity index (χ2v) is 6.87. The third-order valence-electron chi connectivity index (χ3n) is 4.27. The Labute approximate surface area is 149 Å². The van der Waals surface area contributed by atoms with Crippen LogP contribution in [0.3, 0.4) is 0 Å². The lowest BCUT2D eigenvalue weighted by Crippen LogP contribution is -2.32. The molecule has 0 aliphatic carbocycles. The molecule has 2 amide bonds. The van der Waals surface area contributed by atoms with Crippen LogP contribution in [0.15, 0.2) is 36.5 Å². The fourth-order valence-electron chi connectivity index (χ4n) is 3.01. The van der Waals surface area contributed by atoms with Crippen molar-refractivity contribution < 1.29 is 9.53 Å². The van der Waals surface area contributed by atoms with E-state index in [0.717, 1.165) is 41.8 Å². The van der Waals surface area contributed by atoms with Gasteiger partial charge in [-0.2, -0.15) is 0 Å². The van der Waals surface area contributed by atoms with E-state index in [9.17, 15) is 4.79 Å². The number of urea groups is 1. The third-order valence-corrected chi connectivity index (χ3v) is 5.27. The first-order valence-electron chi connectivity index (χ1n) is 8.21. The van der Waals surface area contributed by atoms with Gasteiger partial charge in [-0.3, -0.25) is 5.32 Å². The zero-order valence-electron chi connectivity index (χ0n) is 13.9. The molecule has 0 atom stereocenters. The van der Waals surface area contributed by atoms with Gasteiger partial charge in [0.1, 0.15) is 5.52 Å². The van der Waals surface area contributed by atoms with Crippen molar-refractivity contribution in [1.29, 1.82) is 0 Å². The predicted molar refractivity (Wildman–Crippen MR) is 99.2 cm³/mol. The van der Waals surface area contributed by atoms with Gasteiger partial charge in [0.15, 0.2) is 5.13 Å². The number of ether oxygens (including phenoxy) is 1. The highest BCUT2D eigenvalue weighted by Gasteiger charge is 2.21. The zero-order chi connectivity index (χ0) is 17.2. The van der Waals surface area contributed by atoms with Crippen LogP contribution < -0.4 is 10.1 Å². The SMILES string of the molecule is COc1ncc(-c2ccccc2)c2sc(NC(=O)N3CCCC3)nc12. The Hall–Kier alpha value is -2.67. The van der Waals surface area contributed by atoms with E-state index < -0.39 is 0 Å². The van der Waals surface area contributed by atoms with Gasteiger partial charge in [0.05, 0.1) is 11.8 Å². The first-order valence-corrected chi connectivity index (χ1v) is 9.03. The van der Waals surface area contributed by atoms with Crippen LogP contribution >= 0.6 is 11.3 Å². The molecular weight excluding hydrogens is 336 g/mol. The van der Waals surface area contributed by atoms with E-state index in [1.807, 2.05) is 35.2 Å². The molecule has 0 spiro atoms. The quantitative estimate of drug-likeness (QED) is 0.772. The van der Waals surface area contributed by atoms with Crippen LogP contribution in [0.5, 0.6) is 5.88 Å². The van der Waals surface area contributed by atoms with E-state index in [1.54, 1.807) is 13.3 Å². The molecule has 0 saturated carbocycles. The fraction of sp³-hybridized carbons (Fsp3) is 0.278. The molecule has 2 aromatic heterocycles. The summed E-state index contributed by atoms with van der Waals surface area (Å²) < 4.78 is 6.30. The molecule has 1 aromatic carbocycles. The van der Waals surface area contributed by atoms with Gasteiger partial charge in [0.2, 0.25) is 5.88 Å². The van der Waals surface area contributed by atoms with Gasteiger partial charge >= 0.3 is 6.03 Å². The summed E-state index contributed by atoms with van der Waals surface area (Å²) in [6.45, 7) is 1.60. The van der Waals surface area contributed by atoms with Crippen LogP contribution in [0, 0.1) is 0 Å². The van der Waals surface area contributed by atoms with E-state index in [4.69, 9.17) is 4.74 Å². The summed E-state index contributed by atoms with van der Waals surface area (Å²) in [6, 6.07) is 9.93. The third kappa shape index (κ3) is 3.02. The van der Waals surface area contributed by atoms with Crippen LogP contribution in [-0.4, -0.2) is 41.1 Å². The number of fused-ring (bicyclic) bond motifs is 1. The number of aromatic nitrogens is 2. The molecule has 1 N–H and O–H groups in total. The number of thiazole rings is 1. The minimum atomic E-state index is -0.0928. The molecule has 1 aliphatic rings. The van der Waals surface area contributed by atoms with Crippen molar-refractivity contribution in [3.05, 3.63) is 36.5 Å².